The minimum Gasteiger partial charge on any atom is -0.420 e. The number of fused-ring (bicyclic) bond motifs is 1. The zero-order valence-electron chi connectivity index (χ0n) is 18.4. The van der Waals surface area contributed by atoms with Crippen LogP contribution in [0.1, 0.15) is 54.6 Å². The van der Waals surface area contributed by atoms with Gasteiger partial charge in [0.15, 0.2) is 0 Å². The van der Waals surface area contributed by atoms with Gasteiger partial charge in [-0.2, -0.15) is 18.4 Å². The molecule has 0 saturated carbocycles. The number of amides is 1. The predicted octanol–water partition coefficient (Wildman–Crippen LogP) is 4.04. The number of nitrogens with zero attached hydrogens (tertiary/aromatic N) is 2. The molecule has 1 amide bonds. The first-order chi connectivity index (χ1) is 15.4. The van der Waals surface area contributed by atoms with Gasteiger partial charge in [0.1, 0.15) is 11.6 Å². The molecule has 1 aromatic heterocycles. The highest BCUT2D eigenvalue weighted by Crippen LogP contribution is 2.53. The number of halogens is 3. The fourth-order valence-corrected chi connectivity index (χ4v) is 4.35. The average molecular weight is 459 g/mol. The Balaban J connectivity index is 2.34. The Kier molecular flexibility index (Phi) is 6.27. The van der Waals surface area contributed by atoms with Crippen molar-refractivity contribution in [3.8, 4) is 11.9 Å². The Hall–Kier alpha value is -3.74. The van der Waals surface area contributed by atoms with Crippen LogP contribution >= 0.6 is 0 Å². The van der Waals surface area contributed by atoms with E-state index in [0.29, 0.717) is 11.3 Å². The van der Waals surface area contributed by atoms with Gasteiger partial charge in [0.25, 0.3) is 0 Å². The molecule has 1 aliphatic rings. The van der Waals surface area contributed by atoms with Crippen LogP contribution in [0.25, 0.3) is 6.08 Å². The molecule has 2 aromatic rings. The fourth-order valence-electron chi connectivity index (χ4n) is 4.35. The van der Waals surface area contributed by atoms with E-state index in [2.05, 4.69) is 16.3 Å². The van der Waals surface area contributed by atoms with E-state index in [9.17, 15) is 23.2 Å². The first kappa shape index (κ1) is 23.9. The Morgan fingerprint density at radius 1 is 1.36 bits per heavy atom. The number of H-pyrrole nitrogens is 1. The van der Waals surface area contributed by atoms with Crippen LogP contribution in [-0.2, 0) is 16.4 Å². The fraction of sp³-hybridized carbons (Fsp3) is 0.348. The zero-order chi connectivity index (χ0) is 24.6. The van der Waals surface area contributed by atoms with Gasteiger partial charge in [-0.25, -0.2) is 0 Å². The molecule has 1 atom stereocenters. The maximum atomic E-state index is 13.9. The van der Waals surface area contributed by atoms with Crippen LogP contribution in [0, 0.1) is 24.2 Å². The quantitative estimate of drug-likeness (QED) is 0.600. The van der Waals surface area contributed by atoms with Crippen molar-refractivity contribution in [2.75, 3.05) is 0 Å². The van der Waals surface area contributed by atoms with Crippen molar-refractivity contribution >= 4 is 12.0 Å². The van der Waals surface area contributed by atoms with E-state index in [1.54, 1.807) is 32.9 Å². The number of aromatic nitrogens is 2. The molecule has 2 heterocycles. The minimum atomic E-state index is -4.63. The van der Waals surface area contributed by atoms with Gasteiger partial charge < -0.3 is 16.2 Å². The maximum Gasteiger partial charge on any atom is 0.416 e. The molecular weight excluding hydrogens is 435 g/mol. The number of aromatic amines is 1. The summed E-state index contributed by atoms with van der Waals surface area (Å²) in [5.41, 5.74) is 10.5. The van der Waals surface area contributed by atoms with Crippen LogP contribution in [0.4, 0.5) is 13.2 Å². The van der Waals surface area contributed by atoms with Crippen molar-refractivity contribution in [2.24, 2.45) is 17.4 Å². The molecule has 0 spiro atoms. The molecular formula is C23H24F3N5O2. The van der Waals surface area contributed by atoms with E-state index in [4.69, 9.17) is 16.2 Å². The second-order valence-corrected chi connectivity index (χ2v) is 8.19. The summed E-state index contributed by atoms with van der Waals surface area (Å²) < 4.78 is 47.2. The second kappa shape index (κ2) is 8.65. The van der Waals surface area contributed by atoms with Gasteiger partial charge in [0.05, 0.1) is 16.5 Å². The largest absolute Gasteiger partial charge is 0.420 e. The number of nitriles is 1. The van der Waals surface area contributed by atoms with Gasteiger partial charge in [0.2, 0.25) is 17.7 Å². The second-order valence-electron chi connectivity index (χ2n) is 8.19. The van der Waals surface area contributed by atoms with Crippen LogP contribution < -0.4 is 16.2 Å². The normalized spacial score (nSPS) is 18.4. The first-order valence-electron chi connectivity index (χ1n) is 10.2. The molecule has 1 aliphatic heterocycles. The van der Waals surface area contributed by atoms with Gasteiger partial charge in [-0.05, 0) is 42.5 Å². The van der Waals surface area contributed by atoms with E-state index < -0.39 is 23.1 Å². The molecule has 7 nitrogen and oxygen atoms in total. The number of benzene rings is 1. The summed E-state index contributed by atoms with van der Waals surface area (Å²) in [5.74, 6) is -0.984. The number of carbonyl (C=O) groups excluding carboxylic acids is 1. The van der Waals surface area contributed by atoms with Crippen molar-refractivity contribution in [2.45, 2.75) is 45.2 Å². The number of primary amides is 1. The van der Waals surface area contributed by atoms with Crippen molar-refractivity contribution < 1.29 is 22.7 Å². The highest BCUT2D eigenvalue weighted by Gasteiger charge is 2.51. The van der Waals surface area contributed by atoms with Crippen LogP contribution in [0.5, 0.6) is 5.88 Å². The van der Waals surface area contributed by atoms with E-state index in [1.165, 1.54) is 6.08 Å². The number of alkyl halides is 3. The summed E-state index contributed by atoms with van der Waals surface area (Å²) in [6, 6.07) is 5.70. The van der Waals surface area contributed by atoms with Crippen molar-refractivity contribution in [3.63, 3.8) is 0 Å². The smallest absolute Gasteiger partial charge is 0.416 e. The minimum absolute atomic E-state index is 0.0116. The molecule has 33 heavy (non-hydrogen) atoms. The maximum absolute atomic E-state index is 13.9. The Labute approximate surface area is 188 Å². The lowest BCUT2D eigenvalue weighted by Gasteiger charge is -2.41. The summed E-state index contributed by atoms with van der Waals surface area (Å²) in [4.78, 5) is 11.0. The van der Waals surface area contributed by atoms with Crippen molar-refractivity contribution in [3.05, 3.63) is 63.7 Å². The number of carbonyl (C=O) groups is 1. The Morgan fingerprint density at radius 2 is 2.06 bits per heavy atom. The summed E-state index contributed by atoms with van der Waals surface area (Å²) in [6.45, 7) is 5.31. The average Bonchev–Trinajstić information content (AvgIpc) is 3.09. The number of nitrogens with two attached hydrogens (primary N) is 2. The summed E-state index contributed by atoms with van der Waals surface area (Å²) in [6.07, 6.45) is -1.20. The number of aryl methyl sites for hydroxylation is 1. The van der Waals surface area contributed by atoms with Gasteiger partial charge in [0, 0.05) is 12.1 Å². The highest BCUT2D eigenvalue weighted by atomic mass is 19.4. The summed E-state index contributed by atoms with van der Waals surface area (Å²) in [5, 5.41) is 16.9. The van der Waals surface area contributed by atoms with Crippen molar-refractivity contribution in [1.82, 2.24) is 10.2 Å². The number of rotatable bonds is 6. The monoisotopic (exact) mass is 459 g/mol. The third-order valence-electron chi connectivity index (χ3n) is 5.74. The van der Waals surface area contributed by atoms with Gasteiger partial charge in [-0.3, -0.25) is 9.89 Å². The van der Waals surface area contributed by atoms with Gasteiger partial charge in [-0.15, -0.1) is 5.10 Å². The third kappa shape index (κ3) is 4.18. The van der Waals surface area contributed by atoms with Gasteiger partial charge in [-0.1, -0.05) is 32.1 Å². The number of allylic oxidation sites excluding steroid dienone is 2. The molecule has 174 valence electrons. The molecule has 0 bridgehead atoms. The summed E-state index contributed by atoms with van der Waals surface area (Å²) >= 11 is 0. The first-order valence-corrected chi connectivity index (χ1v) is 10.2. The molecule has 0 aliphatic carbocycles. The Morgan fingerprint density at radius 3 is 2.64 bits per heavy atom. The molecule has 0 fully saturated rings. The molecule has 5 N–H and O–H groups in total. The molecule has 1 unspecified atom stereocenters. The topological polar surface area (TPSA) is 131 Å². The van der Waals surface area contributed by atoms with Crippen LogP contribution in [0.2, 0.25) is 0 Å². The molecule has 10 heteroatoms. The lowest BCUT2D eigenvalue weighted by molar-refractivity contribution is -0.137. The Bertz CT molecular complexity index is 1190. The number of hydrogen-bond acceptors (Lipinski definition) is 5. The predicted molar refractivity (Wildman–Crippen MR) is 115 cm³/mol. The molecule has 0 radical (unpaired) electrons. The van der Waals surface area contributed by atoms with Crippen LogP contribution in [0.15, 0.2) is 35.7 Å². The SMILES string of the molecule is Cc1[nH]nc2c1C(c1cc(C=CCCC(N)=O)cc(C(F)(F)F)c1)(C(C)C)C(C#N)=C(N)O2. The number of ether oxygens (including phenoxy) is 1. The van der Waals surface area contributed by atoms with Crippen LogP contribution in [0.3, 0.4) is 0 Å². The number of hydrogen-bond donors (Lipinski definition) is 3. The van der Waals surface area contributed by atoms with E-state index in [-0.39, 0.29) is 47.2 Å². The summed E-state index contributed by atoms with van der Waals surface area (Å²) in [7, 11) is 0. The van der Waals surface area contributed by atoms with E-state index >= 15 is 0 Å². The number of nitrogens with one attached hydrogen (secondary N) is 1. The standard InChI is InChI=1S/C23H24F3N5O2/c1-12(2)22(17(11-27)20(29)33-21-19(22)13(3)30-31-21)15-8-14(6-4-5-7-18(28)32)9-16(10-15)23(24,25)26/h4,6,8-10,12H,5,7,29H2,1-3H3,(H2,28,32)(H,30,31). The highest BCUT2D eigenvalue weighted by molar-refractivity contribution is 5.74. The van der Waals surface area contributed by atoms with Crippen molar-refractivity contribution in [1.29, 1.82) is 5.26 Å². The third-order valence-corrected chi connectivity index (χ3v) is 5.74. The lowest BCUT2D eigenvalue weighted by Crippen LogP contribution is -2.41. The van der Waals surface area contributed by atoms with Crippen LogP contribution in [-0.4, -0.2) is 16.1 Å². The van der Waals surface area contributed by atoms with E-state index in [0.717, 1.165) is 12.1 Å². The zero-order valence-corrected chi connectivity index (χ0v) is 18.4. The molecule has 3 rings (SSSR count). The lowest BCUT2D eigenvalue weighted by atomic mass is 9.61. The van der Waals surface area contributed by atoms with Gasteiger partial charge >= 0.3 is 6.18 Å². The van der Waals surface area contributed by atoms with E-state index in [1.807, 2.05) is 0 Å². The molecule has 0 saturated heterocycles. The molecule has 1 aromatic carbocycles.